The van der Waals surface area contributed by atoms with E-state index in [0.29, 0.717) is 17.1 Å². The largest absolute Gasteiger partial charge is 0.494 e. The number of benzene rings is 3. The van der Waals surface area contributed by atoms with Gasteiger partial charge >= 0.3 is 0 Å². The Balaban J connectivity index is 1.51. The average Bonchev–Trinajstić information content (AvgIpc) is 3.44. The minimum atomic E-state index is -0.928. The average molecular weight is 546 g/mol. The van der Waals surface area contributed by atoms with E-state index >= 15 is 0 Å². The minimum Gasteiger partial charge on any atom is -0.494 e. The Labute approximate surface area is 239 Å². The summed E-state index contributed by atoms with van der Waals surface area (Å²) in [5.74, 6) is -0.514. The van der Waals surface area contributed by atoms with Crippen molar-refractivity contribution in [2.24, 2.45) is 7.05 Å². The van der Waals surface area contributed by atoms with Gasteiger partial charge < -0.3 is 15.4 Å². The predicted molar refractivity (Wildman–Crippen MR) is 159 cm³/mol. The topological polar surface area (TPSA) is 98.1 Å². The molecule has 8 nitrogen and oxygen atoms in total. The molecule has 2 heterocycles. The molecule has 5 aromatic rings. The molecule has 0 bridgehead atoms. The van der Waals surface area contributed by atoms with Crippen LogP contribution in [-0.4, -0.2) is 39.7 Å². The van der Waals surface area contributed by atoms with Crippen molar-refractivity contribution < 1.29 is 14.3 Å². The van der Waals surface area contributed by atoms with E-state index in [9.17, 15) is 9.59 Å². The van der Waals surface area contributed by atoms with Gasteiger partial charge in [-0.3, -0.25) is 19.3 Å². The number of nitrogens with zero attached hydrogens (tertiary/aromatic N) is 3. The lowest BCUT2D eigenvalue weighted by molar-refractivity contribution is -0.118. The van der Waals surface area contributed by atoms with Crippen LogP contribution >= 0.6 is 0 Å². The van der Waals surface area contributed by atoms with Crippen LogP contribution in [0.4, 0.5) is 5.69 Å². The molecule has 1 atom stereocenters. The summed E-state index contributed by atoms with van der Waals surface area (Å²) >= 11 is 0. The fraction of sp³-hybridized carbons (Fsp3) is 0.152. The third kappa shape index (κ3) is 6.01. The Hall–Kier alpha value is -5.24. The van der Waals surface area contributed by atoms with Crippen molar-refractivity contribution >= 4 is 17.5 Å². The molecule has 0 saturated carbocycles. The van der Waals surface area contributed by atoms with Crippen LogP contribution in [0.3, 0.4) is 0 Å². The number of rotatable bonds is 9. The highest BCUT2D eigenvalue weighted by Crippen LogP contribution is 2.33. The Bertz CT molecular complexity index is 1610. The molecule has 206 valence electrons. The SMILES string of the molecule is COc1cnccc1-c1ccc(NC(=O)C(NC(=O)c2ccnn2C)C(c2ccccc2)c2ccccc2)cc1C. The molecule has 0 radical (unpaired) electrons. The van der Waals surface area contributed by atoms with Gasteiger partial charge in [0.05, 0.1) is 13.3 Å². The van der Waals surface area contributed by atoms with E-state index in [2.05, 4.69) is 20.7 Å². The van der Waals surface area contributed by atoms with Crippen molar-refractivity contribution in [2.75, 3.05) is 12.4 Å². The summed E-state index contributed by atoms with van der Waals surface area (Å²) in [5.41, 5.74) is 5.60. The van der Waals surface area contributed by atoms with Crippen LogP contribution in [-0.2, 0) is 11.8 Å². The maximum Gasteiger partial charge on any atom is 0.270 e. The Morgan fingerprint density at radius 3 is 2.12 bits per heavy atom. The number of methoxy groups -OCH3 is 1. The highest BCUT2D eigenvalue weighted by molar-refractivity contribution is 6.01. The second-order valence-electron chi connectivity index (χ2n) is 9.69. The van der Waals surface area contributed by atoms with Gasteiger partial charge in [-0.2, -0.15) is 5.10 Å². The first-order valence-corrected chi connectivity index (χ1v) is 13.2. The summed E-state index contributed by atoms with van der Waals surface area (Å²) in [4.78, 5) is 31.6. The second kappa shape index (κ2) is 12.3. The van der Waals surface area contributed by atoms with Gasteiger partial charge in [-0.25, -0.2) is 0 Å². The number of aryl methyl sites for hydroxylation is 2. The molecule has 2 amide bonds. The van der Waals surface area contributed by atoms with E-state index in [1.54, 1.807) is 38.8 Å². The van der Waals surface area contributed by atoms with Gasteiger partial charge in [-0.1, -0.05) is 66.7 Å². The van der Waals surface area contributed by atoms with Gasteiger partial charge in [-0.15, -0.1) is 0 Å². The number of carbonyl (C=O) groups is 2. The van der Waals surface area contributed by atoms with Crippen LogP contribution in [0.2, 0.25) is 0 Å². The minimum absolute atomic E-state index is 0.341. The van der Waals surface area contributed by atoms with Crippen molar-refractivity contribution in [3.63, 3.8) is 0 Å². The predicted octanol–water partition coefficient (Wildman–Crippen LogP) is 5.37. The molecule has 0 aliphatic heterocycles. The van der Waals surface area contributed by atoms with E-state index in [1.165, 1.54) is 4.68 Å². The van der Waals surface area contributed by atoms with E-state index in [1.807, 2.05) is 91.9 Å². The molecule has 5 rings (SSSR count). The highest BCUT2D eigenvalue weighted by Gasteiger charge is 2.33. The third-order valence-electron chi connectivity index (χ3n) is 7.06. The van der Waals surface area contributed by atoms with Gasteiger partial charge in [0.15, 0.2) is 0 Å². The lowest BCUT2D eigenvalue weighted by Gasteiger charge is -2.28. The van der Waals surface area contributed by atoms with Crippen LogP contribution in [0.5, 0.6) is 5.75 Å². The van der Waals surface area contributed by atoms with Gasteiger partial charge in [0, 0.05) is 36.6 Å². The highest BCUT2D eigenvalue weighted by atomic mass is 16.5. The van der Waals surface area contributed by atoms with Crippen LogP contribution in [0.15, 0.2) is 110 Å². The van der Waals surface area contributed by atoms with Crippen LogP contribution in [0.25, 0.3) is 11.1 Å². The Morgan fingerprint density at radius 2 is 1.54 bits per heavy atom. The number of ether oxygens (including phenoxy) is 1. The number of aromatic nitrogens is 3. The molecular weight excluding hydrogens is 514 g/mol. The molecule has 2 N–H and O–H groups in total. The normalized spacial score (nSPS) is 11.6. The monoisotopic (exact) mass is 545 g/mol. The molecule has 0 fully saturated rings. The van der Waals surface area contributed by atoms with Crippen molar-refractivity contribution in [1.82, 2.24) is 20.1 Å². The Kier molecular flexibility index (Phi) is 8.20. The lowest BCUT2D eigenvalue weighted by Crippen LogP contribution is -2.48. The zero-order chi connectivity index (χ0) is 28.8. The van der Waals surface area contributed by atoms with Crippen molar-refractivity contribution in [3.05, 3.63) is 132 Å². The summed E-state index contributed by atoms with van der Waals surface area (Å²) in [6, 6.07) is 27.7. The summed E-state index contributed by atoms with van der Waals surface area (Å²) in [7, 11) is 3.30. The number of carbonyl (C=O) groups excluding carboxylic acids is 2. The maximum absolute atomic E-state index is 14.1. The fourth-order valence-corrected chi connectivity index (χ4v) is 5.04. The van der Waals surface area contributed by atoms with Gasteiger partial charge in [-0.05, 0) is 53.4 Å². The second-order valence-corrected chi connectivity index (χ2v) is 9.69. The van der Waals surface area contributed by atoms with Gasteiger partial charge in [0.2, 0.25) is 5.91 Å². The quantitative estimate of drug-likeness (QED) is 0.260. The van der Waals surface area contributed by atoms with E-state index in [4.69, 9.17) is 4.74 Å². The number of amides is 2. The first-order valence-electron chi connectivity index (χ1n) is 13.2. The molecule has 0 aliphatic carbocycles. The number of anilines is 1. The first-order chi connectivity index (χ1) is 20.0. The van der Waals surface area contributed by atoms with E-state index in [-0.39, 0.29) is 5.91 Å². The Morgan fingerprint density at radius 1 is 0.854 bits per heavy atom. The third-order valence-corrected chi connectivity index (χ3v) is 7.06. The van der Waals surface area contributed by atoms with E-state index in [0.717, 1.165) is 27.8 Å². The van der Waals surface area contributed by atoms with Crippen molar-refractivity contribution in [1.29, 1.82) is 0 Å². The summed E-state index contributed by atoms with van der Waals surface area (Å²) < 4.78 is 6.97. The summed E-state index contributed by atoms with van der Waals surface area (Å²) in [6.07, 6.45) is 4.95. The zero-order valence-electron chi connectivity index (χ0n) is 23.1. The number of hydrogen-bond donors (Lipinski definition) is 2. The molecule has 0 spiro atoms. The molecule has 3 aromatic carbocycles. The van der Waals surface area contributed by atoms with Crippen molar-refractivity contribution in [3.8, 4) is 16.9 Å². The molecule has 0 aliphatic rings. The van der Waals surface area contributed by atoms with E-state index < -0.39 is 17.9 Å². The lowest BCUT2D eigenvalue weighted by atomic mass is 9.84. The fourth-order valence-electron chi connectivity index (χ4n) is 5.04. The van der Waals surface area contributed by atoms with Crippen LogP contribution < -0.4 is 15.4 Å². The van der Waals surface area contributed by atoms with Crippen LogP contribution in [0.1, 0.15) is 33.1 Å². The first kappa shape index (κ1) is 27.3. The molecule has 41 heavy (non-hydrogen) atoms. The number of hydrogen-bond acceptors (Lipinski definition) is 5. The molecule has 1 unspecified atom stereocenters. The standard InChI is InChI=1S/C33H31N5O3/c1-22-20-25(14-15-26(22)27-16-18-34-21-29(27)41-3)36-33(40)31(37-32(39)28-17-19-35-38(28)2)30(23-10-6-4-7-11-23)24-12-8-5-9-13-24/h4-21,30-31H,1-3H3,(H,36,40)(H,37,39). The zero-order valence-corrected chi connectivity index (χ0v) is 23.1. The summed E-state index contributed by atoms with van der Waals surface area (Å²) in [5, 5.41) is 10.2. The number of nitrogens with one attached hydrogen (secondary N) is 2. The van der Waals surface area contributed by atoms with Crippen LogP contribution in [0, 0.1) is 6.92 Å². The van der Waals surface area contributed by atoms with Gasteiger partial charge in [0.1, 0.15) is 17.5 Å². The smallest absolute Gasteiger partial charge is 0.270 e. The molecule has 2 aromatic heterocycles. The molecular formula is C33H31N5O3. The molecule has 0 saturated heterocycles. The maximum atomic E-state index is 14.1. The van der Waals surface area contributed by atoms with Gasteiger partial charge in [0.25, 0.3) is 5.91 Å². The summed E-state index contributed by atoms with van der Waals surface area (Å²) in [6.45, 7) is 1.98. The number of pyridine rings is 1. The van der Waals surface area contributed by atoms with Crippen molar-refractivity contribution in [2.45, 2.75) is 18.9 Å². The molecule has 8 heteroatoms.